The zero-order valence-electron chi connectivity index (χ0n) is 13.8. The molecular formula is C18H22N4O2. The lowest BCUT2D eigenvalue weighted by Crippen LogP contribution is -2.43. The Bertz CT molecular complexity index is 684. The molecule has 24 heavy (non-hydrogen) atoms. The maximum absolute atomic E-state index is 11.2. The highest BCUT2D eigenvalue weighted by Gasteiger charge is 2.27. The minimum absolute atomic E-state index is 0.0757. The summed E-state index contributed by atoms with van der Waals surface area (Å²) in [5, 5.41) is 11.2. The zero-order chi connectivity index (χ0) is 16.9. The van der Waals surface area contributed by atoms with Gasteiger partial charge in [-0.2, -0.15) is 0 Å². The van der Waals surface area contributed by atoms with E-state index in [0.29, 0.717) is 5.82 Å². The van der Waals surface area contributed by atoms with Crippen LogP contribution < -0.4 is 4.90 Å². The Hall–Kier alpha value is -2.47. The lowest BCUT2D eigenvalue weighted by Gasteiger charge is -2.37. The van der Waals surface area contributed by atoms with Crippen LogP contribution in [0.5, 0.6) is 0 Å². The van der Waals surface area contributed by atoms with Crippen molar-refractivity contribution in [3.63, 3.8) is 0 Å². The fourth-order valence-electron chi connectivity index (χ4n) is 3.28. The number of hydrogen-bond acceptors (Lipinski definition) is 5. The molecular weight excluding hydrogens is 304 g/mol. The molecule has 1 aromatic carbocycles. The summed E-state index contributed by atoms with van der Waals surface area (Å²) < 4.78 is 0. The Balaban J connectivity index is 1.61. The lowest BCUT2D eigenvalue weighted by atomic mass is 10.0. The average molecular weight is 326 g/mol. The second-order valence-electron chi connectivity index (χ2n) is 6.21. The highest BCUT2D eigenvalue weighted by atomic mass is 16.6. The van der Waals surface area contributed by atoms with Gasteiger partial charge in [0.25, 0.3) is 0 Å². The van der Waals surface area contributed by atoms with Gasteiger partial charge in [-0.25, -0.2) is 4.98 Å². The molecule has 1 fully saturated rings. The number of anilines is 1. The van der Waals surface area contributed by atoms with Crippen LogP contribution in [-0.4, -0.2) is 41.0 Å². The molecule has 0 unspecified atom stereocenters. The number of hydrogen-bond donors (Lipinski definition) is 0. The van der Waals surface area contributed by atoms with Crippen LogP contribution in [0.25, 0.3) is 0 Å². The molecule has 2 aromatic rings. The van der Waals surface area contributed by atoms with Crippen molar-refractivity contribution in [3.8, 4) is 0 Å². The first kappa shape index (κ1) is 16.4. The lowest BCUT2D eigenvalue weighted by molar-refractivity contribution is -0.384. The Morgan fingerprint density at radius 2 is 1.92 bits per heavy atom. The number of nitro groups is 1. The van der Waals surface area contributed by atoms with E-state index in [9.17, 15) is 10.1 Å². The van der Waals surface area contributed by atoms with Gasteiger partial charge in [0, 0.05) is 45.0 Å². The predicted octanol–water partition coefficient (Wildman–Crippen LogP) is 3.09. The molecule has 1 saturated heterocycles. The van der Waals surface area contributed by atoms with Crippen LogP contribution in [0.1, 0.15) is 18.4 Å². The molecule has 0 bridgehead atoms. The first-order valence-corrected chi connectivity index (χ1v) is 8.23. The molecule has 2 heterocycles. The summed E-state index contributed by atoms with van der Waals surface area (Å²) in [6, 6.07) is 13.9. The molecule has 3 rings (SSSR count). The Morgan fingerprint density at radius 3 is 2.58 bits per heavy atom. The third-order valence-corrected chi connectivity index (χ3v) is 4.65. The molecule has 1 aliphatic heterocycles. The molecule has 0 amide bonds. The van der Waals surface area contributed by atoms with E-state index in [1.165, 1.54) is 11.6 Å². The normalized spacial score (nSPS) is 16.0. The number of nitrogens with zero attached hydrogens (tertiary/aromatic N) is 4. The van der Waals surface area contributed by atoms with Crippen molar-refractivity contribution in [2.24, 2.45) is 0 Å². The summed E-state index contributed by atoms with van der Waals surface area (Å²) in [5.41, 5.74) is 1.40. The fraction of sp³-hybridized carbons (Fsp3) is 0.389. The molecule has 0 spiro atoms. The van der Waals surface area contributed by atoms with Crippen LogP contribution in [0.2, 0.25) is 0 Å². The van der Waals surface area contributed by atoms with Gasteiger partial charge in [-0.1, -0.05) is 30.3 Å². The number of benzene rings is 1. The van der Waals surface area contributed by atoms with Gasteiger partial charge >= 0.3 is 5.69 Å². The van der Waals surface area contributed by atoms with Crippen LogP contribution in [0, 0.1) is 10.1 Å². The average Bonchev–Trinajstić information content (AvgIpc) is 2.62. The van der Waals surface area contributed by atoms with Gasteiger partial charge in [0.1, 0.15) is 0 Å². The SMILES string of the molecule is CN(c1ncccc1[N+](=O)[O-])C1CCN(Cc2ccccc2)CC1. The molecule has 0 radical (unpaired) electrons. The predicted molar refractivity (Wildman–Crippen MR) is 94.0 cm³/mol. The molecule has 0 aliphatic carbocycles. The highest BCUT2D eigenvalue weighted by molar-refractivity contribution is 5.57. The first-order chi connectivity index (χ1) is 11.6. The van der Waals surface area contributed by atoms with E-state index in [2.05, 4.69) is 34.1 Å². The van der Waals surface area contributed by atoms with Gasteiger partial charge in [-0.3, -0.25) is 15.0 Å². The van der Waals surface area contributed by atoms with E-state index in [-0.39, 0.29) is 16.7 Å². The number of likely N-dealkylation sites (tertiary alicyclic amines) is 1. The summed E-state index contributed by atoms with van der Waals surface area (Å²) in [6.45, 7) is 2.94. The van der Waals surface area contributed by atoms with E-state index in [4.69, 9.17) is 0 Å². The van der Waals surface area contributed by atoms with Crippen LogP contribution in [-0.2, 0) is 6.54 Å². The third-order valence-electron chi connectivity index (χ3n) is 4.65. The van der Waals surface area contributed by atoms with Gasteiger partial charge in [0.05, 0.1) is 4.92 Å². The zero-order valence-corrected chi connectivity index (χ0v) is 13.8. The molecule has 1 aliphatic rings. The Labute approximate surface area is 141 Å². The molecule has 0 atom stereocenters. The number of rotatable bonds is 5. The standard InChI is InChI=1S/C18H22N4O2/c1-20(18-17(22(23)24)8-5-11-19-18)16-9-12-21(13-10-16)14-15-6-3-2-4-7-15/h2-8,11,16H,9-10,12-14H2,1H3. The van der Waals surface area contributed by atoms with E-state index >= 15 is 0 Å². The summed E-state index contributed by atoms with van der Waals surface area (Å²) in [4.78, 5) is 19.5. The minimum Gasteiger partial charge on any atom is -0.351 e. The summed E-state index contributed by atoms with van der Waals surface area (Å²) >= 11 is 0. The van der Waals surface area contributed by atoms with Crippen molar-refractivity contribution in [3.05, 3.63) is 64.3 Å². The van der Waals surface area contributed by atoms with Crippen molar-refractivity contribution in [1.82, 2.24) is 9.88 Å². The molecule has 0 N–H and O–H groups in total. The van der Waals surface area contributed by atoms with Crippen molar-refractivity contribution in [2.45, 2.75) is 25.4 Å². The van der Waals surface area contributed by atoms with Gasteiger partial charge in [0.15, 0.2) is 0 Å². The maximum Gasteiger partial charge on any atom is 0.311 e. The van der Waals surface area contributed by atoms with Crippen LogP contribution in [0.4, 0.5) is 11.5 Å². The molecule has 126 valence electrons. The largest absolute Gasteiger partial charge is 0.351 e. The second-order valence-corrected chi connectivity index (χ2v) is 6.21. The van der Waals surface area contributed by atoms with Crippen LogP contribution in [0.3, 0.4) is 0 Å². The molecule has 6 heteroatoms. The third kappa shape index (κ3) is 3.71. The topological polar surface area (TPSA) is 62.5 Å². The van der Waals surface area contributed by atoms with E-state index in [1.807, 2.05) is 18.0 Å². The van der Waals surface area contributed by atoms with Crippen molar-refractivity contribution >= 4 is 11.5 Å². The van der Waals surface area contributed by atoms with Crippen molar-refractivity contribution < 1.29 is 4.92 Å². The summed E-state index contributed by atoms with van der Waals surface area (Å²) in [6.07, 6.45) is 3.58. The Morgan fingerprint density at radius 1 is 1.21 bits per heavy atom. The van der Waals surface area contributed by atoms with Gasteiger partial charge in [0.2, 0.25) is 5.82 Å². The van der Waals surface area contributed by atoms with E-state index in [1.54, 1.807) is 12.3 Å². The number of piperidine rings is 1. The molecule has 6 nitrogen and oxygen atoms in total. The first-order valence-electron chi connectivity index (χ1n) is 8.23. The Kier molecular flexibility index (Phi) is 5.05. The highest BCUT2D eigenvalue weighted by Crippen LogP contribution is 2.28. The van der Waals surface area contributed by atoms with E-state index < -0.39 is 0 Å². The monoisotopic (exact) mass is 326 g/mol. The van der Waals surface area contributed by atoms with Gasteiger partial charge in [-0.05, 0) is 24.5 Å². The fourth-order valence-corrected chi connectivity index (χ4v) is 3.28. The maximum atomic E-state index is 11.2. The summed E-state index contributed by atoms with van der Waals surface area (Å²) in [7, 11) is 1.91. The van der Waals surface area contributed by atoms with Crippen molar-refractivity contribution in [1.29, 1.82) is 0 Å². The van der Waals surface area contributed by atoms with Crippen molar-refractivity contribution in [2.75, 3.05) is 25.0 Å². The molecule has 0 saturated carbocycles. The minimum atomic E-state index is -0.358. The van der Waals surface area contributed by atoms with E-state index in [0.717, 1.165) is 32.5 Å². The van der Waals surface area contributed by atoms with Crippen LogP contribution in [0.15, 0.2) is 48.7 Å². The number of pyridine rings is 1. The quantitative estimate of drug-likeness (QED) is 0.624. The second kappa shape index (κ2) is 7.40. The number of aromatic nitrogens is 1. The summed E-state index contributed by atoms with van der Waals surface area (Å²) in [5.74, 6) is 0.462. The van der Waals surface area contributed by atoms with Gasteiger partial charge < -0.3 is 4.90 Å². The van der Waals surface area contributed by atoms with Gasteiger partial charge in [-0.15, -0.1) is 0 Å². The van der Waals surface area contributed by atoms with Crippen LogP contribution >= 0.6 is 0 Å². The molecule has 1 aromatic heterocycles. The smallest absolute Gasteiger partial charge is 0.311 e.